The summed E-state index contributed by atoms with van der Waals surface area (Å²) in [4.78, 5) is 2.71. The van der Waals surface area contributed by atoms with E-state index in [1.165, 1.54) is 36.9 Å². The average Bonchev–Trinajstić information content (AvgIpc) is 2.68. The zero-order chi connectivity index (χ0) is 12.5. The van der Waals surface area contributed by atoms with Gasteiger partial charge in [0.25, 0.3) is 0 Å². The molecule has 3 rings (SSSR count). The summed E-state index contributed by atoms with van der Waals surface area (Å²) in [5, 5.41) is 0. The Labute approximate surface area is 110 Å². The minimum Gasteiger partial charge on any atom is -0.365 e. The number of benzene rings is 1. The van der Waals surface area contributed by atoms with E-state index in [2.05, 4.69) is 36.1 Å². The number of hydrogen-bond acceptors (Lipinski definition) is 2. The van der Waals surface area contributed by atoms with Crippen LogP contribution in [-0.2, 0) is 6.42 Å². The van der Waals surface area contributed by atoms with Crippen molar-refractivity contribution in [1.29, 1.82) is 0 Å². The van der Waals surface area contributed by atoms with Gasteiger partial charge >= 0.3 is 0 Å². The molecule has 2 bridgehead atoms. The van der Waals surface area contributed by atoms with E-state index in [4.69, 9.17) is 5.73 Å². The number of anilines is 1. The lowest BCUT2D eigenvalue weighted by Crippen LogP contribution is -2.45. The van der Waals surface area contributed by atoms with Gasteiger partial charge in [-0.2, -0.15) is 0 Å². The Balaban J connectivity index is 1.89. The van der Waals surface area contributed by atoms with Crippen LogP contribution in [0.4, 0.5) is 5.69 Å². The lowest BCUT2D eigenvalue weighted by molar-refractivity contribution is 0.346. The Bertz CT molecular complexity index is 401. The van der Waals surface area contributed by atoms with Gasteiger partial charge in [-0.25, -0.2) is 0 Å². The van der Waals surface area contributed by atoms with Gasteiger partial charge in [0.2, 0.25) is 0 Å². The van der Waals surface area contributed by atoms with E-state index >= 15 is 0 Å². The first-order valence-corrected chi connectivity index (χ1v) is 7.39. The van der Waals surface area contributed by atoms with Crippen LogP contribution in [-0.4, -0.2) is 18.6 Å². The van der Waals surface area contributed by atoms with Crippen LogP contribution in [0.15, 0.2) is 24.3 Å². The van der Waals surface area contributed by atoms with Crippen LogP contribution >= 0.6 is 0 Å². The van der Waals surface area contributed by atoms with Crippen LogP contribution in [0.2, 0.25) is 0 Å². The molecule has 2 heteroatoms. The zero-order valence-corrected chi connectivity index (χ0v) is 11.3. The first-order valence-electron chi connectivity index (χ1n) is 7.39. The highest BCUT2D eigenvalue weighted by atomic mass is 15.2. The predicted octanol–water partition coefficient (Wildman–Crippen LogP) is 2.96. The zero-order valence-electron chi connectivity index (χ0n) is 11.3. The molecule has 0 amide bonds. The third-order valence-corrected chi connectivity index (χ3v) is 4.81. The van der Waals surface area contributed by atoms with Crippen molar-refractivity contribution in [2.45, 2.75) is 51.1 Å². The van der Waals surface area contributed by atoms with Crippen LogP contribution in [0, 0.1) is 5.92 Å². The molecule has 0 aromatic heterocycles. The molecule has 0 spiro atoms. The van der Waals surface area contributed by atoms with Crippen LogP contribution in [0.1, 0.15) is 38.2 Å². The first kappa shape index (κ1) is 12.0. The topological polar surface area (TPSA) is 29.3 Å². The van der Waals surface area contributed by atoms with E-state index in [0.29, 0.717) is 0 Å². The van der Waals surface area contributed by atoms with Crippen LogP contribution in [0.5, 0.6) is 0 Å². The second-order valence-corrected chi connectivity index (χ2v) is 5.85. The average molecular weight is 244 g/mol. The van der Waals surface area contributed by atoms with Crippen LogP contribution in [0.3, 0.4) is 0 Å². The minimum absolute atomic E-state index is 0.741. The Morgan fingerprint density at radius 3 is 2.44 bits per heavy atom. The van der Waals surface area contributed by atoms with Crippen molar-refractivity contribution in [3.8, 4) is 0 Å². The Morgan fingerprint density at radius 1 is 1.17 bits per heavy atom. The molecule has 2 heterocycles. The lowest BCUT2D eigenvalue weighted by atomic mass is 9.90. The summed E-state index contributed by atoms with van der Waals surface area (Å²) < 4.78 is 0. The van der Waals surface area contributed by atoms with Gasteiger partial charge in [-0.3, -0.25) is 0 Å². The third kappa shape index (κ3) is 1.93. The maximum atomic E-state index is 5.88. The first-order chi connectivity index (χ1) is 8.83. The van der Waals surface area contributed by atoms with Crippen molar-refractivity contribution in [3.63, 3.8) is 0 Å². The number of hydrogen-bond donors (Lipinski definition) is 1. The van der Waals surface area contributed by atoms with Crippen molar-refractivity contribution < 1.29 is 0 Å². The highest BCUT2D eigenvalue weighted by molar-refractivity contribution is 5.56. The largest absolute Gasteiger partial charge is 0.365 e. The summed E-state index contributed by atoms with van der Waals surface area (Å²) in [6.45, 7) is 3.13. The fourth-order valence-electron chi connectivity index (χ4n) is 3.94. The molecule has 1 aromatic rings. The Kier molecular flexibility index (Phi) is 3.29. The molecule has 98 valence electrons. The van der Waals surface area contributed by atoms with E-state index in [9.17, 15) is 0 Å². The van der Waals surface area contributed by atoms with Crippen molar-refractivity contribution in [2.24, 2.45) is 11.7 Å². The van der Waals surface area contributed by atoms with E-state index in [1.54, 1.807) is 0 Å². The molecule has 2 aliphatic heterocycles. The molecule has 1 aromatic carbocycles. The quantitative estimate of drug-likeness (QED) is 0.885. The number of para-hydroxylation sites is 1. The molecule has 0 aliphatic carbocycles. The number of rotatable bonds is 3. The molecule has 2 unspecified atom stereocenters. The van der Waals surface area contributed by atoms with Crippen molar-refractivity contribution >= 4 is 5.69 Å². The normalized spacial score (nSPS) is 30.8. The molecule has 0 saturated carbocycles. The lowest BCUT2D eigenvalue weighted by Gasteiger charge is -2.41. The van der Waals surface area contributed by atoms with Crippen molar-refractivity contribution in [3.05, 3.63) is 29.8 Å². The van der Waals surface area contributed by atoms with Crippen LogP contribution in [0.25, 0.3) is 0 Å². The summed E-state index contributed by atoms with van der Waals surface area (Å²) in [6, 6.07) is 10.4. The number of fused-ring (bicyclic) bond motifs is 2. The van der Waals surface area contributed by atoms with Gasteiger partial charge in [0.1, 0.15) is 0 Å². The maximum Gasteiger partial charge on any atom is 0.0403 e. The standard InChI is InChI=1S/C16H24N2/c1-2-13-5-3-4-6-16(13)18-14-7-8-15(18)10-12(9-14)11-17/h3-6,12,14-15H,2,7-11,17H2,1H3. The minimum atomic E-state index is 0.741. The van der Waals surface area contributed by atoms with Gasteiger partial charge in [0.15, 0.2) is 0 Å². The summed E-state index contributed by atoms with van der Waals surface area (Å²) in [7, 11) is 0. The Morgan fingerprint density at radius 2 is 1.83 bits per heavy atom. The van der Waals surface area contributed by atoms with E-state index in [-0.39, 0.29) is 0 Å². The molecular weight excluding hydrogens is 220 g/mol. The highest BCUT2D eigenvalue weighted by Gasteiger charge is 2.40. The summed E-state index contributed by atoms with van der Waals surface area (Å²) in [5.41, 5.74) is 8.87. The molecular formula is C16H24N2. The molecule has 2 fully saturated rings. The molecule has 0 radical (unpaired) electrons. The molecule has 2 saturated heterocycles. The van der Waals surface area contributed by atoms with Crippen LogP contribution < -0.4 is 10.6 Å². The van der Waals surface area contributed by atoms with Gasteiger partial charge in [0, 0.05) is 17.8 Å². The molecule has 18 heavy (non-hydrogen) atoms. The number of nitrogens with two attached hydrogens (primary N) is 1. The summed E-state index contributed by atoms with van der Waals surface area (Å²) in [5.74, 6) is 0.757. The summed E-state index contributed by atoms with van der Waals surface area (Å²) >= 11 is 0. The second kappa shape index (κ2) is 4.93. The second-order valence-electron chi connectivity index (χ2n) is 5.85. The van der Waals surface area contributed by atoms with Crippen molar-refractivity contribution in [1.82, 2.24) is 0 Å². The molecule has 2 aliphatic rings. The SMILES string of the molecule is CCc1ccccc1N1C2CCC1CC(CN)C2. The molecule has 2 N–H and O–H groups in total. The Hall–Kier alpha value is -1.02. The number of nitrogens with zero attached hydrogens (tertiary/aromatic N) is 1. The molecule has 2 nitrogen and oxygen atoms in total. The van der Waals surface area contributed by atoms with Gasteiger partial charge in [0.05, 0.1) is 0 Å². The fourth-order valence-corrected chi connectivity index (χ4v) is 3.94. The third-order valence-electron chi connectivity index (χ3n) is 4.81. The fraction of sp³-hybridized carbons (Fsp3) is 0.625. The van der Waals surface area contributed by atoms with E-state index < -0.39 is 0 Å². The van der Waals surface area contributed by atoms with E-state index in [0.717, 1.165) is 31.0 Å². The smallest absolute Gasteiger partial charge is 0.0403 e. The van der Waals surface area contributed by atoms with Crippen molar-refractivity contribution in [2.75, 3.05) is 11.4 Å². The van der Waals surface area contributed by atoms with E-state index in [1.807, 2.05) is 0 Å². The molecule has 2 atom stereocenters. The van der Waals surface area contributed by atoms with Gasteiger partial charge in [-0.05, 0) is 56.2 Å². The highest BCUT2D eigenvalue weighted by Crippen LogP contribution is 2.42. The predicted molar refractivity (Wildman–Crippen MR) is 76.9 cm³/mol. The van der Waals surface area contributed by atoms with Gasteiger partial charge < -0.3 is 10.6 Å². The van der Waals surface area contributed by atoms with Gasteiger partial charge in [-0.1, -0.05) is 25.1 Å². The number of piperidine rings is 1. The van der Waals surface area contributed by atoms with Gasteiger partial charge in [-0.15, -0.1) is 0 Å². The summed E-state index contributed by atoms with van der Waals surface area (Å²) in [6.07, 6.45) is 6.45. The monoisotopic (exact) mass is 244 g/mol. The maximum absolute atomic E-state index is 5.88. The number of aryl methyl sites for hydroxylation is 1.